The normalized spacial score (nSPS) is 15.2. The van der Waals surface area contributed by atoms with Crippen LogP contribution in [0.4, 0.5) is 0 Å². The molecule has 0 saturated heterocycles. The molecule has 1 unspecified atom stereocenters. The van der Waals surface area contributed by atoms with Gasteiger partial charge in [-0.15, -0.1) is 0 Å². The molecular formula is C7H15NO. The van der Waals surface area contributed by atoms with Gasteiger partial charge in [-0.2, -0.15) is 0 Å². The summed E-state index contributed by atoms with van der Waals surface area (Å²) in [6.45, 7) is 7.14. The fraction of sp³-hybridized carbons (Fsp3) is 0.857. The molecule has 0 aliphatic heterocycles. The second-order valence-electron chi connectivity index (χ2n) is 3.07. The first-order valence-corrected chi connectivity index (χ1v) is 3.15. The zero-order valence-corrected chi connectivity index (χ0v) is 6.56. The van der Waals surface area contributed by atoms with Crippen LogP contribution in [-0.4, -0.2) is 11.8 Å². The number of nitrogens with two attached hydrogens (primary N) is 1. The molecule has 2 N–H and O–H groups in total. The average Bonchev–Trinajstić information content (AvgIpc) is 1.65. The number of ketones is 1. The molecule has 54 valence electrons. The molecule has 0 amide bonds. The Morgan fingerprint density at radius 1 is 1.56 bits per heavy atom. The Labute approximate surface area is 56.4 Å². The highest BCUT2D eigenvalue weighted by Crippen LogP contribution is 2.19. The van der Waals surface area contributed by atoms with Gasteiger partial charge in [0.15, 0.2) is 0 Å². The average molecular weight is 129 g/mol. The molecule has 0 aliphatic carbocycles. The van der Waals surface area contributed by atoms with Crippen LogP contribution in [0.1, 0.15) is 27.7 Å². The van der Waals surface area contributed by atoms with Crippen LogP contribution in [0, 0.1) is 5.41 Å². The molecule has 2 nitrogen and oxygen atoms in total. The molecule has 0 bridgehead atoms. The molecule has 0 spiro atoms. The maximum absolute atomic E-state index is 10.8. The number of carbonyl (C=O) groups excluding carboxylic acids is 1. The molecule has 2 heteroatoms. The standard InChI is InChI=1S/C7H15NO/c1-5(8)7(3,4)6(2)9/h5H,8H2,1-4H3. The predicted molar refractivity (Wildman–Crippen MR) is 38.1 cm³/mol. The molecule has 0 radical (unpaired) electrons. The lowest BCUT2D eigenvalue weighted by Gasteiger charge is -2.25. The van der Waals surface area contributed by atoms with Gasteiger partial charge in [-0.25, -0.2) is 0 Å². The minimum atomic E-state index is -0.361. The summed E-state index contributed by atoms with van der Waals surface area (Å²) in [5.74, 6) is 0.150. The lowest BCUT2D eigenvalue weighted by atomic mass is 9.82. The van der Waals surface area contributed by atoms with E-state index in [1.807, 2.05) is 20.8 Å². The molecule has 1 atom stereocenters. The van der Waals surface area contributed by atoms with Gasteiger partial charge in [0.05, 0.1) is 0 Å². The fourth-order valence-corrected chi connectivity index (χ4v) is 0.321. The highest BCUT2D eigenvalue weighted by molar-refractivity contribution is 5.82. The Bertz CT molecular complexity index is 116. The third-order valence-corrected chi connectivity index (χ3v) is 2.05. The van der Waals surface area contributed by atoms with Crippen molar-refractivity contribution in [3.8, 4) is 0 Å². The topological polar surface area (TPSA) is 43.1 Å². The lowest BCUT2D eigenvalue weighted by molar-refractivity contribution is -0.125. The van der Waals surface area contributed by atoms with E-state index in [9.17, 15) is 4.79 Å². The number of Topliss-reactive ketones (excluding diaryl/α,β-unsaturated/α-hetero) is 1. The Balaban J connectivity index is 4.19. The van der Waals surface area contributed by atoms with Gasteiger partial charge in [0.25, 0.3) is 0 Å². The smallest absolute Gasteiger partial charge is 0.136 e. The molecule has 0 fully saturated rings. The van der Waals surface area contributed by atoms with Crippen LogP contribution in [0.2, 0.25) is 0 Å². The highest BCUT2D eigenvalue weighted by Gasteiger charge is 2.27. The quantitative estimate of drug-likeness (QED) is 0.603. The van der Waals surface area contributed by atoms with Crippen molar-refractivity contribution in [3.63, 3.8) is 0 Å². The number of rotatable bonds is 2. The summed E-state index contributed by atoms with van der Waals surface area (Å²) in [5.41, 5.74) is 5.19. The third-order valence-electron chi connectivity index (χ3n) is 2.05. The summed E-state index contributed by atoms with van der Waals surface area (Å²) in [6, 6.07) is -0.0602. The zero-order valence-electron chi connectivity index (χ0n) is 6.56. The van der Waals surface area contributed by atoms with Crippen LogP contribution in [0.5, 0.6) is 0 Å². The molecule has 0 saturated carbocycles. The van der Waals surface area contributed by atoms with Crippen LogP contribution in [0.25, 0.3) is 0 Å². The fourth-order valence-electron chi connectivity index (χ4n) is 0.321. The van der Waals surface area contributed by atoms with E-state index in [1.165, 1.54) is 0 Å². The predicted octanol–water partition coefficient (Wildman–Crippen LogP) is 0.949. The van der Waals surface area contributed by atoms with E-state index in [0.29, 0.717) is 0 Å². The summed E-state index contributed by atoms with van der Waals surface area (Å²) < 4.78 is 0. The van der Waals surface area contributed by atoms with Crippen molar-refractivity contribution in [2.45, 2.75) is 33.7 Å². The maximum Gasteiger partial charge on any atom is 0.136 e. The van der Waals surface area contributed by atoms with Crippen molar-refractivity contribution < 1.29 is 4.79 Å². The van der Waals surface area contributed by atoms with Gasteiger partial charge in [-0.1, -0.05) is 13.8 Å². The van der Waals surface area contributed by atoms with Crippen LogP contribution in [-0.2, 0) is 4.79 Å². The van der Waals surface area contributed by atoms with Gasteiger partial charge in [0.1, 0.15) is 5.78 Å². The molecule has 9 heavy (non-hydrogen) atoms. The Morgan fingerprint density at radius 3 is 1.89 bits per heavy atom. The van der Waals surface area contributed by atoms with Crippen LogP contribution >= 0.6 is 0 Å². The van der Waals surface area contributed by atoms with Gasteiger partial charge in [0.2, 0.25) is 0 Å². The lowest BCUT2D eigenvalue weighted by Crippen LogP contribution is -2.39. The molecule has 0 heterocycles. The largest absolute Gasteiger partial charge is 0.327 e. The second-order valence-corrected chi connectivity index (χ2v) is 3.07. The Morgan fingerprint density at radius 2 is 1.89 bits per heavy atom. The summed E-state index contributed by atoms with van der Waals surface area (Å²) in [6.07, 6.45) is 0. The van der Waals surface area contributed by atoms with Gasteiger partial charge < -0.3 is 5.73 Å². The van der Waals surface area contributed by atoms with E-state index in [0.717, 1.165) is 0 Å². The van der Waals surface area contributed by atoms with Crippen molar-refractivity contribution in [1.29, 1.82) is 0 Å². The van der Waals surface area contributed by atoms with Crippen molar-refractivity contribution in [3.05, 3.63) is 0 Å². The first kappa shape index (κ1) is 8.63. The van der Waals surface area contributed by atoms with Gasteiger partial charge in [-0.05, 0) is 13.8 Å². The van der Waals surface area contributed by atoms with E-state index in [-0.39, 0.29) is 17.2 Å². The van der Waals surface area contributed by atoms with Crippen molar-refractivity contribution >= 4 is 5.78 Å². The third kappa shape index (κ3) is 1.79. The van der Waals surface area contributed by atoms with E-state index in [2.05, 4.69) is 0 Å². The first-order valence-electron chi connectivity index (χ1n) is 3.15. The summed E-state index contributed by atoms with van der Waals surface area (Å²) in [4.78, 5) is 10.8. The van der Waals surface area contributed by atoms with E-state index in [4.69, 9.17) is 5.73 Å². The first-order chi connectivity index (χ1) is 3.89. The van der Waals surface area contributed by atoms with Gasteiger partial charge in [-0.3, -0.25) is 4.79 Å². The van der Waals surface area contributed by atoms with Crippen LogP contribution < -0.4 is 5.73 Å². The van der Waals surface area contributed by atoms with Gasteiger partial charge in [0, 0.05) is 11.5 Å². The van der Waals surface area contributed by atoms with E-state index >= 15 is 0 Å². The molecule has 0 aromatic rings. The summed E-state index contributed by atoms with van der Waals surface area (Å²) in [7, 11) is 0. The van der Waals surface area contributed by atoms with E-state index in [1.54, 1.807) is 6.92 Å². The highest BCUT2D eigenvalue weighted by atomic mass is 16.1. The van der Waals surface area contributed by atoms with Gasteiger partial charge >= 0.3 is 0 Å². The maximum atomic E-state index is 10.8. The minimum Gasteiger partial charge on any atom is -0.327 e. The molecule has 0 rings (SSSR count). The summed E-state index contributed by atoms with van der Waals surface area (Å²) in [5, 5.41) is 0. The zero-order chi connectivity index (χ0) is 7.65. The molecule has 0 aromatic heterocycles. The van der Waals surface area contributed by atoms with Crippen molar-refractivity contribution in [2.24, 2.45) is 11.1 Å². The molecule has 0 aromatic carbocycles. The van der Waals surface area contributed by atoms with Crippen LogP contribution in [0.15, 0.2) is 0 Å². The van der Waals surface area contributed by atoms with Crippen LogP contribution in [0.3, 0.4) is 0 Å². The number of hydrogen-bond donors (Lipinski definition) is 1. The Hall–Kier alpha value is -0.370. The molecular weight excluding hydrogens is 114 g/mol. The van der Waals surface area contributed by atoms with E-state index < -0.39 is 0 Å². The number of carbonyl (C=O) groups is 1. The Kier molecular flexibility index (Phi) is 2.38. The SMILES string of the molecule is CC(=O)C(C)(C)C(C)N. The monoisotopic (exact) mass is 129 g/mol. The summed E-state index contributed by atoms with van der Waals surface area (Å²) >= 11 is 0. The number of hydrogen-bond acceptors (Lipinski definition) is 2. The van der Waals surface area contributed by atoms with Crippen molar-refractivity contribution in [1.82, 2.24) is 0 Å². The minimum absolute atomic E-state index is 0.0602. The second kappa shape index (κ2) is 2.48. The van der Waals surface area contributed by atoms with Crippen molar-refractivity contribution in [2.75, 3.05) is 0 Å². The molecule has 0 aliphatic rings.